The van der Waals surface area contributed by atoms with E-state index in [1.165, 1.54) is 0 Å². The Morgan fingerprint density at radius 1 is 1.18 bits per heavy atom. The number of benzene rings is 1. The lowest BCUT2D eigenvalue weighted by Gasteiger charge is -2.19. The fourth-order valence-corrected chi connectivity index (χ4v) is 2.51. The number of nitrogen functional groups attached to an aromatic ring is 1. The van der Waals surface area contributed by atoms with Gasteiger partial charge < -0.3 is 15.8 Å². The molecule has 5 nitrogen and oxygen atoms in total. The van der Waals surface area contributed by atoms with Crippen LogP contribution in [0.3, 0.4) is 0 Å². The normalized spacial score (nSPS) is 11.0. The minimum absolute atomic E-state index is 0.459. The third-order valence-electron chi connectivity index (χ3n) is 2.76. The van der Waals surface area contributed by atoms with E-state index in [1.807, 2.05) is 56.5 Å². The first kappa shape index (κ1) is 16.2. The zero-order valence-corrected chi connectivity index (χ0v) is 13.8. The Kier molecular flexibility index (Phi) is 4.92. The van der Waals surface area contributed by atoms with Crippen molar-refractivity contribution in [1.29, 1.82) is 0 Å². The van der Waals surface area contributed by atoms with Gasteiger partial charge in [0.15, 0.2) is 0 Å². The molecular weight excluding hydrogens is 298 g/mol. The van der Waals surface area contributed by atoms with Gasteiger partial charge >= 0.3 is 6.09 Å². The first-order valence-electron chi connectivity index (χ1n) is 6.99. The maximum atomic E-state index is 11.7. The quantitative estimate of drug-likeness (QED) is 0.785. The van der Waals surface area contributed by atoms with Crippen LogP contribution in [-0.4, -0.2) is 11.7 Å². The number of amides is 1. The van der Waals surface area contributed by atoms with Crippen molar-refractivity contribution in [3.05, 3.63) is 40.6 Å². The molecule has 0 atom stereocenters. The second-order valence-corrected chi connectivity index (χ2v) is 6.86. The molecule has 2 rings (SSSR count). The molecule has 0 saturated carbocycles. The third-order valence-corrected chi connectivity index (χ3v) is 3.70. The van der Waals surface area contributed by atoms with Crippen molar-refractivity contribution in [3.8, 4) is 0 Å². The first-order valence-corrected chi connectivity index (χ1v) is 7.87. The summed E-state index contributed by atoms with van der Waals surface area (Å²) in [7, 11) is 0. The summed E-state index contributed by atoms with van der Waals surface area (Å²) in [6.45, 7) is 6.17. The molecule has 0 aliphatic carbocycles. The second-order valence-electron chi connectivity index (χ2n) is 5.86. The van der Waals surface area contributed by atoms with Crippen LogP contribution in [0.4, 0.5) is 21.9 Å². The molecule has 1 heterocycles. The molecule has 0 bridgehead atoms. The molecule has 1 amide bonds. The lowest BCUT2D eigenvalue weighted by Crippen LogP contribution is -2.27. The minimum atomic E-state index is -0.508. The smallest absolute Gasteiger partial charge is 0.412 e. The van der Waals surface area contributed by atoms with Gasteiger partial charge in [-0.25, -0.2) is 4.79 Å². The van der Waals surface area contributed by atoms with E-state index >= 15 is 0 Å². The average Bonchev–Trinajstić information content (AvgIpc) is 2.81. The summed E-state index contributed by atoms with van der Waals surface area (Å²) in [6.07, 6.45) is -0.459. The molecule has 0 aliphatic rings. The first-order chi connectivity index (χ1) is 10.3. The van der Waals surface area contributed by atoms with Crippen molar-refractivity contribution in [3.63, 3.8) is 0 Å². The highest BCUT2D eigenvalue weighted by Gasteiger charge is 2.16. The van der Waals surface area contributed by atoms with Crippen LogP contribution in [0, 0.1) is 0 Å². The van der Waals surface area contributed by atoms with E-state index in [0.717, 1.165) is 16.3 Å². The summed E-state index contributed by atoms with van der Waals surface area (Å²) < 4.78 is 5.20. The molecule has 0 spiro atoms. The summed E-state index contributed by atoms with van der Waals surface area (Å²) in [6, 6.07) is 9.34. The monoisotopic (exact) mass is 319 g/mol. The zero-order chi connectivity index (χ0) is 16.2. The zero-order valence-electron chi connectivity index (χ0n) is 13.0. The Bertz CT molecular complexity index is 630. The van der Waals surface area contributed by atoms with Crippen LogP contribution < -0.4 is 16.4 Å². The Morgan fingerprint density at radius 3 is 2.36 bits per heavy atom. The van der Waals surface area contributed by atoms with Crippen LogP contribution in [0.5, 0.6) is 0 Å². The molecule has 0 radical (unpaired) electrons. The van der Waals surface area contributed by atoms with Gasteiger partial charge in [0, 0.05) is 21.9 Å². The van der Waals surface area contributed by atoms with Gasteiger partial charge in [0.1, 0.15) is 5.60 Å². The number of carbonyl (C=O) groups is 1. The third kappa shape index (κ3) is 4.96. The van der Waals surface area contributed by atoms with E-state index in [0.29, 0.717) is 12.2 Å². The van der Waals surface area contributed by atoms with Crippen molar-refractivity contribution < 1.29 is 9.53 Å². The number of hydrogen-bond donors (Lipinski definition) is 3. The average molecular weight is 319 g/mol. The number of carbonyl (C=O) groups excluding carboxylic acids is 1. The van der Waals surface area contributed by atoms with Crippen LogP contribution in [0.15, 0.2) is 35.7 Å². The van der Waals surface area contributed by atoms with Crippen LogP contribution in [0.25, 0.3) is 0 Å². The van der Waals surface area contributed by atoms with Gasteiger partial charge in [-0.05, 0) is 56.5 Å². The highest BCUT2D eigenvalue weighted by atomic mass is 32.1. The van der Waals surface area contributed by atoms with Crippen molar-refractivity contribution in [2.24, 2.45) is 0 Å². The number of nitrogens with one attached hydrogen (secondary N) is 2. The van der Waals surface area contributed by atoms with Crippen molar-refractivity contribution >= 4 is 34.5 Å². The fraction of sp³-hybridized carbons (Fsp3) is 0.312. The molecular formula is C16H21N3O2S. The summed E-state index contributed by atoms with van der Waals surface area (Å²) in [5.41, 5.74) is 7.79. The fourth-order valence-electron chi connectivity index (χ4n) is 1.77. The van der Waals surface area contributed by atoms with Crippen molar-refractivity contribution in [1.82, 2.24) is 0 Å². The standard InChI is InChI=1S/C16H21N3O2S/c1-16(2,3)21-15(20)19-12-6-4-11(5-7-12)18-10-14-13(17)8-9-22-14/h4-9,18H,10,17H2,1-3H3,(H,19,20). The topological polar surface area (TPSA) is 76.4 Å². The lowest BCUT2D eigenvalue weighted by atomic mass is 10.2. The van der Waals surface area contributed by atoms with Gasteiger partial charge in [0.05, 0.1) is 6.54 Å². The van der Waals surface area contributed by atoms with Crippen LogP contribution >= 0.6 is 11.3 Å². The Hall–Kier alpha value is -2.21. The van der Waals surface area contributed by atoms with Gasteiger partial charge in [0.2, 0.25) is 0 Å². The maximum Gasteiger partial charge on any atom is 0.412 e. The van der Waals surface area contributed by atoms with E-state index in [4.69, 9.17) is 10.5 Å². The van der Waals surface area contributed by atoms with E-state index in [2.05, 4.69) is 10.6 Å². The SMILES string of the molecule is CC(C)(C)OC(=O)Nc1ccc(NCc2sccc2N)cc1. The number of anilines is 3. The van der Waals surface area contributed by atoms with Crippen molar-refractivity contribution in [2.75, 3.05) is 16.4 Å². The number of ether oxygens (including phenoxy) is 1. The molecule has 0 fully saturated rings. The number of nitrogens with two attached hydrogens (primary N) is 1. The Labute approximate surface area is 134 Å². The molecule has 1 aromatic carbocycles. The van der Waals surface area contributed by atoms with E-state index in [-0.39, 0.29) is 0 Å². The maximum absolute atomic E-state index is 11.7. The number of rotatable bonds is 4. The Morgan fingerprint density at radius 2 is 1.82 bits per heavy atom. The van der Waals surface area contributed by atoms with E-state index in [9.17, 15) is 4.79 Å². The van der Waals surface area contributed by atoms with Crippen LogP contribution in [0.2, 0.25) is 0 Å². The van der Waals surface area contributed by atoms with Gasteiger partial charge in [0.25, 0.3) is 0 Å². The molecule has 118 valence electrons. The van der Waals surface area contributed by atoms with Gasteiger partial charge in [-0.15, -0.1) is 11.3 Å². The predicted molar refractivity (Wildman–Crippen MR) is 92.4 cm³/mol. The predicted octanol–water partition coefficient (Wildman–Crippen LogP) is 4.29. The number of hydrogen-bond acceptors (Lipinski definition) is 5. The largest absolute Gasteiger partial charge is 0.444 e. The molecule has 22 heavy (non-hydrogen) atoms. The van der Waals surface area contributed by atoms with Gasteiger partial charge in [-0.2, -0.15) is 0 Å². The molecule has 0 unspecified atom stereocenters. The number of thiophene rings is 1. The van der Waals surface area contributed by atoms with Crippen LogP contribution in [-0.2, 0) is 11.3 Å². The van der Waals surface area contributed by atoms with Gasteiger partial charge in [-0.3, -0.25) is 5.32 Å². The highest BCUT2D eigenvalue weighted by molar-refractivity contribution is 7.10. The molecule has 0 aliphatic heterocycles. The highest BCUT2D eigenvalue weighted by Crippen LogP contribution is 2.21. The van der Waals surface area contributed by atoms with Crippen LogP contribution in [0.1, 0.15) is 25.6 Å². The minimum Gasteiger partial charge on any atom is -0.444 e. The van der Waals surface area contributed by atoms with Crippen molar-refractivity contribution in [2.45, 2.75) is 32.9 Å². The molecule has 6 heteroatoms. The van der Waals surface area contributed by atoms with E-state index in [1.54, 1.807) is 11.3 Å². The summed E-state index contributed by atoms with van der Waals surface area (Å²) >= 11 is 1.62. The Balaban J connectivity index is 1.87. The molecule has 4 N–H and O–H groups in total. The second kappa shape index (κ2) is 6.70. The molecule has 1 aromatic heterocycles. The summed E-state index contributed by atoms with van der Waals surface area (Å²) in [4.78, 5) is 12.8. The van der Waals surface area contributed by atoms with Gasteiger partial charge in [-0.1, -0.05) is 0 Å². The summed E-state index contributed by atoms with van der Waals surface area (Å²) in [5, 5.41) is 7.96. The molecule has 2 aromatic rings. The molecule has 0 saturated heterocycles. The van der Waals surface area contributed by atoms with E-state index < -0.39 is 11.7 Å². The summed E-state index contributed by atoms with van der Waals surface area (Å²) in [5.74, 6) is 0. The lowest BCUT2D eigenvalue weighted by molar-refractivity contribution is 0.0636.